The monoisotopic (exact) mass is 533 g/mol. The predicted molar refractivity (Wildman–Crippen MR) is 129 cm³/mol. The lowest BCUT2D eigenvalue weighted by Gasteiger charge is -2.17. The zero-order valence-corrected chi connectivity index (χ0v) is 20.1. The van der Waals surface area contributed by atoms with E-state index in [9.17, 15) is 27.5 Å². The van der Waals surface area contributed by atoms with Gasteiger partial charge in [-0.15, -0.1) is 0 Å². The molecule has 0 spiro atoms. The first-order valence-electron chi connectivity index (χ1n) is 11.4. The second kappa shape index (κ2) is 9.29. The van der Waals surface area contributed by atoms with Crippen LogP contribution in [0.4, 0.5) is 23.4 Å². The van der Waals surface area contributed by atoms with Crippen LogP contribution in [0.3, 0.4) is 0 Å². The molecule has 2 N–H and O–H groups in total. The Kier molecular flexibility index (Phi) is 6.26. The van der Waals surface area contributed by atoms with Gasteiger partial charge in [0.05, 0.1) is 10.6 Å². The largest absolute Gasteiger partial charge is 0.475 e. The number of anilines is 1. The number of hydrogen-bond acceptors (Lipinski definition) is 5. The van der Waals surface area contributed by atoms with Crippen molar-refractivity contribution >= 4 is 34.6 Å². The second-order valence-electron chi connectivity index (χ2n) is 8.99. The minimum absolute atomic E-state index is 0.0226. The van der Waals surface area contributed by atoms with E-state index in [1.807, 2.05) is 6.92 Å². The lowest BCUT2D eigenvalue weighted by atomic mass is 10.1. The van der Waals surface area contributed by atoms with Gasteiger partial charge in [0.1, 0.15) is 17.2 Å². The third-order valence-electron chi connectivity index (χ3n) is 6.29. The number of halogens is 5. The maximum Gasteiger partial charge on any atom is 0.416 e. The van der Waals surface area contributed by atoms with Gasteiger partial charge in [0.25, 0.3) is 0 Å². The lowest BCUT2D eigenvalue weighted by molar-refractivity contribution is -0.137. The fourth-order valence-electron chi connectivity index (χ4n) is 4.15. The molecule has 2 heterocycles. The standard InChI is InChI=1S/C25H20ClF4N5O2/c1-12(14-4-5-14)31-20-19-21(33-22(32-20)24(36)37)34-23(15-6-9-17(26)18(27)10-15)35(19)11-13-2-7-16(8-3-13)25(28,29)30/h2-3,6-10,12,14H,4-5,11H2,1H3,(H,36,37)(H,31,32,33)/t12-/m1/s1. The number of benzene rings is 2. The van der Waals surface area contributed by atoms with Crippen LogP contribution in [0.2, 0.25) is 5.02 Å². The molecular formula is C25H20ClF4N5O2. The Hall–Kier alpha value is -3.73. The van der Waals surface area contributed by atoms with Crippen LogP contribution in [0.15, 0.2) is 42.5 Å². The Balaban J connectivity index is 1.70. The molecule has 0 radical (unpaired) electrons. The molecular weight excluding hydrogens is 514 g/mol. The SMILES string of the molecule is C[C@@H](Nc1nc(C(=O)O)nc2nc(-c3ccc(Cl)c(F)c3)n(Cc3ccc(C(F)(F)F)cc3)c12)C1CC1. The van der Waals surface area contributed by atoms with Crippen LogP contribution >= 0.6 is 11.6 Å². The highest BCUT2D eigenvalue weighted by Crippen LogP contribution is 2.36. The molecule has 0 unspecified atom stereocenters. The number of imidazole rings is 1. The average molecular weight is 534 g/mol. The summed E-state index contributed by atoms with van der Waals surface area (Å²) in [5.74, 6) is -1.66. The molecule has 1 saturated carbocycles. The first kappa shape index (κ1) is 24.9. The van der Waals surface area contributed by atoms with Gasteiger partial charge in [0.15, 0.2) is 11.5 Å². The minimum atomic E-state index is -4.48. The fraction of sp³-hybridized carbons (Fsp3) is 0.280. The number of carboxylic acid groups (broad SMARTS) is 1. The van der Waals surface area contributed by atoms with E-state index in [0.29, 0.717) is 22.6 Å². The van der Waals surface area contributed by atoms with Crippen molar-refractivity contribution in [3.63, 3.8) is 0 Å². The van der Waals surface area contributed by atoms with Crippen LogP contribution in [0.25, 0.3) is 22.6 Å². The van der Waals surface area contributed by atoms with E-state index in [1.54, 1.807) is 10.6 Å². The summed E-state index contributed by atoms with van der Waals surface area (Å²) in [5.41, 5.74) is 0.441. The highest BCUT2D eigenvalue weighted by atomic mass is 35.5. The molecule has 7 nitrogen and oxygen atoms in total. The van der Waals surface area contributed by atoms with Crippen LogP contribution in [-0.2, 0) is 12.7 Å². The van der Waals surface area contributed by atoms with Gasteiger partial charge in [-0.3, -0.25) is 0 Å². The smallest absolute Gasteiger partial charge is 0.416 e. The molecule has 2 aromatic carbocycles. The number of rotatable bonds is 7. The van der Waals surface area contributed by atoms with Crippen LogP contribution in [-0.4, -0.2) is 36.6 Å². The van der Waals surface area contributed by atoms with Crippen molar-refractivity contribution in [3.05, 3.63) is 70.3 Å². The van der Waals surface area contributed by atoms with E-state index in [1.165, 1.54) is 24.3 Å². The zero-order chi connectivity index (χ0) is 26.5. The molecule has 4 aromatic rings. The Morgan fingerprint density at radius 2 is 1.86 bits per heavy atom. The Bertz CT molecular complexity index is 1500. The summed E-state index contributed by atoms with van der Waals surface area (Å²) in [7, 11) is 0. The highest BCUT2D eigenvalue weighted by Gasteiger charge is 2.31. The fourth-order valence-corrected chi connectivity index (χ4v) is 4.27. The summed E-state index contributed by atoms with van der Waals surface area (Å²) in [6, 6.07) is 8.69. The molecule has 1 aliphatic carbocycles. The third-order valence-corrected chi connectivity index (χ3v) is 6.59. The quantitative estimate of drug-likeness (QED) is 0.272. The van der Waals surface area contributed by atoms with E-state index >= 15 is 0 Å². The van der Waals surface area contributed by atoms with Crippen LogP contribution < -0.4 is 5.32 Å². The number of aromatic carboxylic acids is 1. The van der Waals surface area contributed by atoms with Gasteiger partial charge in [-0.2, -0.15) is 13.2 Å². The van der Waals surface area contributed by atoms with Crippen LogP contribution in [0, 0.1) is 11.7 Å². The number of aromatic nitrogens is 4. The number of carbonyl (C=O) groups is 1. The summed E-state index contributed by atoms with van der Waals surface area (Å²) in [5, 5.41) is 12.7. The summed E-state index contributed by atoms with van der Waals surface area (Å²) in [6.45, 7) is 1.99. The first-order chi connectivity index (χ1) is 17.5. The van der Waals surface area contributed by atoms with E-state index < -0.39 is 29.4 Å². The number of alkyl halides is 3. The normalized spacial score (nSPS) is 14.6. The van der Waals surface area contributed by atoms with E-state index in [-0.39, 0.29) is 34.9 Å². The van der Waals surface area contributed by atoms with Gasteiger partial charge in [0.2, 0.25) is 5.82 Å². The van der Waals surface area contributed by atoms with Gasteiger partial charge in [-0.1, -0.05) is 23.7 Å². The molecule has 1 aliphatic rings. The summed E-state index contributed by atoms with van der Waals surface area (Å²) < 4.78 is 55.2. The van der Waals surface area contributed by atoms with Crippen LogP contribution in [0.1, 0.15) is 41.5 Å². The Morgan fingerprint density at radius 1 is 1.16 bits per heavy atom. The summed E-state index contributed by atoms with van der Waals surface area (Å²) >= 11 is 5.85. The number of carboxylic acids is 1. The summed E-state index contributed by atoms with van der Waals surface area (Å²) in [4.78, 5) is 24.5. The van der Waals surface area contributed by atoms with E-state index in [2.05, 4.69) is 20.3 Å². The molecule has 1 fully saturated rings. The predicted octanol–water partition coefficient (Wildman–Crippen LogP) is 6.26. The van der Waals surface area contributed by atoms with Crippen molar-refractivity contribution in [2.45, 2.75) is 38.5 Å². The van der Waals surface area contributed by atoms with Gasteiger partial charge >= 0.3 is 12.1 Å². The van der Waals surface area contributed by atoms with Crippen molar-refractivity contribution in [1.82, 2.24) is 19.5 Å². The lowest BCUT2D eigenvalue weighted by Crippen LogP contribution is -2.20. The number of fused-ring (bicyclic) bond motifs is 1. The molecule has 2 aromatic heterocycles. The van der Waals surface area contributed by atoms with E-state index in [0.717, 1.165) is 25.0 Å². The highest BCUT2D eigenvalue weighted by molar-refractivity contribution is 6.30. The number of nitrogens with one attached hydrogen (secondary N) is 1. The number of hydrogen-bond donors (Lipinski definition) is 2. The third kappa shape index (κ3) is 5.08. The molecule has 12 heteroatoms. The van der Waals surface area contributed by atoms with Gasteiger partial charge in [-0.05, 0) is 61.6 Å². The molecule has 1 atom stereocenters. The molecule has 0 aliphatic heterocycles. The number of nitrogens with zero attached hydrogens (tertiary/aromatic N) is 4. The maximum atomic E-state index is 14.4. The van der Waals surface area contributed by atoms with Crippen molar-refractivity contribution in [2.75, 3.05) is 5.32 Å². The van der Waals surface area contributed by atoms with Gasteiger partial charge < -0.3 is 15.0 Å². The van der Waals surface area contributed by atoms with Crippen molar-refractivity contribution in [2.24, 2.45) is 5.92 Å². The van der Waals surface area contributed by atoms with Crippen molar-refractivity contribution in [1.29, 1.82) is 0 Å². The first-order valence-corrected chi connectivity index (χ1v) is 11.8. The van der Waals surface area contributed by atoms with Crippen LogP contribution in [0.5, 0.6) is 0 Å². The molecule has 5 rings (SSSR count). The Morgan fingerprint density at radius 3 is 2.46 bits per heavy atom. The molecule has 37 heavy (non-hydrogen) atoms. The Labute approximate surface area is 213 Å². The van der Waals surface area contributed by atoms with Crippen molar-refractivity contribution in [3.8, 4) is 11.4 Å². The summed E-state index contributed by atoms with van der Waals surface area (Å²) in [6.07, 6.45) is -2.44. The topological polar surface area (TPSA) is 92.9 Å². The second-order valence-corrected chi connectivity index (χ2v) is 9.40. The average Bonchev–Trinajstić information content (AvgIpc) is 3.63. The molecule has 0 bridgehead atoms. The molecule has 0 amide bonds. The van der Waals surface area contributed by atoms with Gasteiger partial charge in [0, 0.05) is 18.2 Å². The minimum Gasteiger partial charge on any atom is -0.475 e. The van der Waals surface area contributed by atoms with E-state index in [4.69, 9.17) is 11.6 Å². The molecule has 0 saturated heterocycles. The van der Waals surface area contributed by atoms with Gasteiger partial charge in [-0.25, -0.2) is 24.1 Å². The molecule has 192 valence electrons. The van der Waals surface area contributed by atoms with Crippen molar-refractivity contribution < 1.29 is 27.5 Å². The zero-order valence-electron chi connectivity index (χ0n) is 19.4. The maximum absolute atomic E-state index is 14.4.